The van der Waals surface area contributed by atoms with Crippen molar-refractivity contribution in [3.8, 4) is 0 Å². The van der Waals surface area contributed by atoms with Gasteiger partial charge in [-0.05, 0) is 18.2 Å². The van der Waals surface area contributed by atoms with Crippen molar-refractivity contribution in [2.75, 3.05) is 6.54 Å². The van der Waals surface area contributed by atoms with Crippen LogP contribution in [-0.4, -0.2) is 33.2 Å². The number of nitrogens with two attached hydrogens (primary N) is 1. The third-order valence-corrected chi connectivity index (χ3v) is 3.16. The highest BCUT2D eigenvalue weighted by atomic mass is 32.2. The number of nitrogens with one attached hydrogen (secondary N) is 1. The normalized spacial score (nSPS) is 12.5. The number of alkyl halides is 4. The first-order valence-electron chi connectivity index (χ1n) is 5.21. The van der Waals surface area contributed by atoms with E-state index in [0.29, 0.717) is 18.2 Å². The first-order valence-corrected chi connectivity index (χ1v) is 6.75. The van der Waals surface area contributed by atoms with Crippen LogP contribution in [0.3, 0.4) is 0 Å². The van der Waals surface area contributed by atoms with E-state index in [1.54, 1.807) is 0 Å². The van der Waals surface area contributed by atoms with Crippen molar-refractivity contribution in [3.63, 3.8) is 0 Å². The molecule has 0 unspecified atom stereocenters. The molecule has 1 aromatic carbocycles. The Morgan fingerprint density at radius 1 is 1.29 bits per heavy atom. The van der Waals surface area contributed by atoms with Crippen molar-refractivity contribution in [3.05, 3.63) is 29.6 Å². The second kappa shape index (κ2) is 5.93. The smallest absolute Gasteiger partial charge is 0.324 e. The van der Waals surface area contributed by atoms with Crippen molar-refractivity contribution in [1.82, 2.24) is 5.32 Å². The number of primary sulfonamides is 1. The Morgan fingerprint density at radius 3 is 2.33 bits per heavy atom. The molecule has 0 saturated carbocycles. The minimum Gasteiger partial charge on any atom is -0.346 e. The van der Waals surface area contributed by atoms with Gasteiger partial charge in [-0.25, -0.2) is 26.7 Å². The molecule has 1 amide bonds. The van der Waals surface area contributed by atoms with E-state index in [1.165, 1.54) is 5.32 Å². The fourth-order valence-corrected chi connectivity index (χ4v) is 1.80. The summed E-state index contributed by atoms with van der Waals surface area (Å²) >= 11 is 0. The summed E-state index contributed by atoms with van der Waals surface area (Å²) in [5.41, 5.74) is -0.649. The van der Waals surface area contributed by atoms with Gasteiger partial charge in [0, 0.05) is 5.56 Å². The standard InChI is InChI=1S/C10H9F5N2O3S/c11-6-1-5(2-7(3-6)21(16,19)20)8(18)17-4-10(14,15)9(12)13/h1-3,9H,4H2,(H,17,18)(H2,16,19,20). The highest BCUT2D eigenvalue weighted by Crippen LogP contribution is 2.21. The summed E-state index contributed by atoms with van der Waals surface area (Å²) in [5, 5.41) is 6.19. The van der Waals surface area contributed by atoms with Gasteiger partial charge in [0.05, 0.1) is 11.4 Å². The molecule has 5 nitrogen and oxygen atoms in total. The van der Waals surface area contributed by atoms with E-state index in [1.807, 2.05) is 0 Å². The zero-order chi connectivity index (χ0) is 16.4. The van der Waals surface area contributed by atoms with Gasteiger partial charge >= 0.3 is 12.3 Å². The first kappa shape index (κ1) is 17.3. The molecule has 0 aliphatic rings. The quantitative estimate of drug-likeness (QED) is 0.792. The highest BCUT2D eigenvalue weighted by Gasteiger charge is 2.40. The van der Waals surface area contributed by atoms with Gasteiger partial charge in [0.25, 0.3) is 5.91 Å². The minimum atomic E-state index is -4.47. The minimum absolute atomic E-state index is 0.514. The molecule has 118 valence electrons. The van der Waals surface area contributed by atoms with Crippen LogP contribution in [0.1, 0.15) is 10.4 Å². The lowest BCUT2D eigenvalue weighted by atomic mass is 10.2. The van der Waals surface area contributed by atoms with E-state index in [0.717, 1.165) is 0 Å². The Labute approximate surface area is 116 Å². The lowest BCUT2D eigenvalue weighted by Crippen LogP contribution is -2.41. The molecular formula is C10H9F5N2O3S. The fourth-order valence-electron chi connectivity index (χ4n) is 1.24. The molecule has 0 heterocycles. The van der Waals surface area contributed by atoms with Crippen molar-refractivity contribution < 1.29 is 35.2 Å². The van der Waals surface area contributed by atoms with E-state index >= 15 is 0 Å². The Balaban J connectivity index is 2.97. The number of hydrogen-bond acceptors (Lipinski definition) is 3. The predicted molar refractivity (Wildman–Crippen MR) is 61.1 cm³/mol. The Morgan fingerprint density at radius 2 is 1.86 bits per heavy atom. The third-order valence-electron chi connectivity index (χ3n) is 2.27. The molecule has 0 fully saturated rings. The number of sulfonamides is 1. The van der Waals surface area contributed by atoms with Crippen LogP contribution in [0.25, 0.3) is 0 Å². The van der Waals surface area contributed by atoms with E-state index in [2.05, 4.69) is 0 Å². The summed E-state index contributed by atoms with van der Waals surface area (Å²) in [4.78, 5) is 10.7. The maximum atomic E-state index is 13.2. The largest absolute Gasteiger partial charge is 0.346 e. The van der Waals surface area contributed by atoms with Crippen LogP contribution in [-0.2, 0) is 10.0 Å². The molecule has 0 atom stereocenters. The van der Waals surface area contributed by atoms with Crippen molar-refractivity contribution in [2.45, 2.75) is 17.2 Å². The van der Waals surface area contributed by atoms with E-state index < -0.39 is 51.1 Å². The molecule has 0 saturated heterocycles. The molecule has 0 spiro atoms. The number of carbonyl (C=O) groups is 1. The van der Waals surface area contributed by atoms with Gasteiger partial charge in [0.1, 0.15) is 5.82 Å². The summed E-state index contributed by atoms with van der Waals surface area (Å²) < 4.78 is 84.2. The van der Waals surface area contributed by atoms with E-state index in [9.17, 15) is 35.2 Å². The molecule has 0 aromatic heterocycles. The number of carbonyl (C=O) groups excluding carboxylic acids is 1. The second-order valence-electron chi connectivity index (χ2n) is 3.97. The molecule has 0 bridgehead atoms. The number of hydrogen-bond donors (Lipinski definition) is 2. The summed E-state index contributed by atoms with van der Waals surface area (Å²) in [6.07, 6.45) is -4.00. The zero-order valence-corrected chi connectivity index (χ0v) is 10.9. The molecular weight excluding hydrogens is 323 g/mol. The van der Waals surface area contributed by atoms with Crippen LogP contribution in [0.5, 0.6) is 0 Å². The monoisotopic (exact) mass is 332 g/mol. The average Bonchev–Trinajstić information content (AvgIpc) is 2.34. The first-order chi connectivity index (χ1) is 9.43. The molecule has 0 aliphatic heterocycles. The third kappa shape index (κ3) is 4.63. The lowest BCUT2D eigenvalue weighted by Gasteiger charge is -2.15. The van der Waals surface area contributed by atoms with Crippen LogP contribution >= 0.6 is 0 Å². The van der Waals surface area contributed by atoms with Gasteiger partial charge in [0.15, 0.2) is 0 Å². The molecule has 1 aromatic rings. The van der Waals surface area contributed by atoms with Crippen molar-refractivity contribution >= 4 is 15.9 Å². The lowest BCUT2D eigenvalue weighted by molar-refractivity contribution is -0.123. The molecule has 21 heavy (non-hydrogen) atoms. The summed E-state index contributed by atoms with van der Waals surface area (Å²) in [7, 11) is -4.33. The topological polar surface area (TPSA) is 89.3 Å². The molecule has 0 radical (unpaired) electrons. The highest BCUT2D eigenvalue weighted by molar-refractivity contribution is 7.89. The maximum Gasteiger partial charge on any atom is 0.324 e. The number of halogens is 5. The molecule has 3 N–H and O–H groups in total. The average molecular weight is 332 g/mol. The van der Waals surface area contributed by atoms with Crippen LogP contribution in [0, 0.1) is 5.82 Å². The van der Waals surface area contributed by atoms with E-state index in [4.69, 9.17) is 5.14 Å². The molecule has 0 aliphatic carbocycles. The van der Waals surface area contributed by atoms with Gasteiger partial charge < -0.3 is 5.32 Å². The van der Waals surface area contributed by atoms with Gasteiger partial charge in [0.2, 0.25) is 10.0 Å². The number of benzene rings is 1. The Bertz CT molecular complexity index is 648. The second-order valence-corrected chi connectivity index (χ2v) is 5.53. The van der Waals surface area contributed by atoms with Gasteiger partial charge in [-0.3, -0.25) is 4.79 Å². The Hall–Kier alpha value is -1.75. The fraction of sp³-hybridized carbons (Fsp3) is 0.300. The maximum absolute atomic E-state index is 13.2. The van der Waals surface area contributed by atoms with Crippen LogP contribution < -0.4 is 10.5 Å². The van der Waals surface area contributed by atoms with Crippen molar-refractivity contribution in [2.24, 2.45) is 5.14 Å². The SMILES string of the molecule is NS(=O)(=O)c1cc(F)cc(C(=O)NCC(F)(F)C(F)F)c1. The zero-order valence-electron chi connectivity index (χ0n) is 10.1. The van der Waals surface area contributed by atoms with Gasteiger partial charge in [-0.2, -0.15) is 8.78 Å². The number of amides is 1. The van der Waals surface area contributed by atoms with Crippen molar-refractivity contribution in [1.29, 1.82) is 0 Å². The summed E-state index contributed by atoms with van der Waals surface area (Å²) in [5.74, 6) is -6.97. The summed E-state index contributed by atoms with van der Waals surface area (Å²) in [6.45, 7) is -1.69. The van der Waals surface area contributed by atoms with Gasteiger partial charge in [-0.15, -0.1) is 0 Å². The van der Waals surface area contributed by atoms with E-state index in [-0.39, 0.29) is 0 Å². The van der Waals surface area contributed by atoms with Crippen LogP contribution in [0.15, 0.2) is 23.1 Å². The Kier molecular flexibility index (Phi) is 4.89. The summed E-state index contributed by atoms with van der Waals surface area (Å²) in [6, 6.07) is 1.69. The molecule has 1 rings (SSSR count). The van der Waals surface area contributed by atoms with Crippen LogP contribution in [0.4, 0.5) is 22.0 Å². The molecule has 11 heteroatoms. The van der Waals surface area contributed by atoms with Gasteiger partial charge in [-0.1, -0.05) is 0 Å². The predicted octanol–water partition coefficient (Wildman–Crippen LogP) is 1.10. The number of rotatable bonds is 5. The van der Waals surface area contributed by atoms with Crippen LogP contribution in [0.2, 0.25) is 0 Å².